The van der Waals surface area contributed by atoms with Crippen molar-refractivity contribution in [2.75, 3.05) is 46.1 Å². The molecule has 4 unspecified atom stereocenters. The summed E-state index contributed by atoms with van der Waals surface area (Å²) >= 11 is 0. The minimum Gasteiger partial charge on any atom is -0.463 e. The minimum atomic E-state index is -0.178. The average molecular weight is 910 g/mol. The van der Waals surface area contributed by atoms with Crippen LogP contribution in [0.3, 0.4) is 0 Å². The van der Waals surface area contributed by atoms with Gasteiger partial charge in [-0.2, -0.15) is 0 Å². The quantitative estimate of drug-likeness (QED) is 0.0342. The lowest BCUT2D eigenvalue weighted by molar-refractivity contribution is -0.152. The summed E-state index contributed by atoms with van der Waals surface area (Å²) in [6.07, 6.45) is 55.0. The standard InChI is InChI=1S/C58H103NO6/c1-6-11-14-16-18-20-22-24-26-28-30-32-34-36-39-48-62-50-46-54(63-49-40-37-35-33-31-29-27-25-23-21-19-17-15-12-7-2)52-64-58(61)51-53-44-45-56(55(53)42-38-13-8-3)65-57(60)43-41-47-59(9-4)10-5/h13,16,18-19,21-22,24-25,27,38,53-56H,6-12,14-15,17,20,23,26,28-37,39-52H2,1-5H3/b18-16-,21-19-,24-22-,27-25-,38-13-. The molecule has 0 spiro atoms. The molecular weight excluding hydrogens is 807 g/mol. The SMILES string of the molecule is CC/C=C\CC1C(CC(=O)OCC(CCOCCCCCCCC/C=C\C/C=C\CCCC)OCCCCCCC/C=C\C/C=C\CCCCC)CCC1OC(=O)CCCN(CC)CC. The van der Waals surface area contributed by atoms with E-state index in [1.165, 1.54) is 103 Å². The predicted molar refractivity (Wildman–Crippen MR) is 277 cm³/mol. The second kappa shape index (κ2) is 46.6. The van der Waals surface area contributed by atoms with Gasteiger partial charge in [-0.1, -0.05) is 166 Å². The second-order valence-electron chi connectivity index (χ2n) is 18.5. The fourth-order valence-electron chi connectivity index (χ4n) is 8.64. The van der Waals surface area contributed by atoms with Crippen LogP contribution in [0.2, 0.25) is 0 Å². The summed E-state index contributed by atoms with van der Waals surface area (Å²) in [5, 5.41) is 0. The van der Waals surface area contributed by atoms with E-state index in [0.717, 1.165) is 103 Å². The van der Waals surface area contributed by atoms with E-state index >= 15 is 0 Å². The normalized spacial score (nSPS) is 17.4. The Morgan fingerprint density at radius 3 is 1.74 bits per heavy atom. The molecule has 0 aromatic rings. The maximum Gasteiger partial charge on any atom is 0.306 e. The molecule has 4 atom stereocenters. The molecule has 65 heavy (non-hydrogen) atoms. The Balaban J connectivity index is 2.52. The molecular formula is C58H103NO6. The Bertz CT molecular complexity index is 1220. The molecule has 1 rings (SSSR count). The first-order valence-electron chi connectivity index (χ1n) is 27.5. The van der Waals surface area contributed by atoms with Gasteiger partial charge in [0.2, 0.25) is 0 Å². The van der Waals surface area contributed by atoms with E-state index in [9.17, 15) is 9.59 Å². The number of unbranched alkanes of at least 4 members (excludes halogenated alkanes) is 16. The average Bonchev–Trinajstić information content (AvgIpc) is 3.67. The third-order valence-electron chi connectivity index (χ3n) is 12.9. The van der Waals surface area contributed by atoms with E-state index in [2.05, 4.69) is 100 Å². The van der Waals surface area contributed by atoms with Gasteiger partial charge in [-0.25, -0.2) is 0 Å². The van der Waals surface area contributed by atoms with Crippen molar-refractivity contribution in [1.29, 1.82) is 0 Å². The maximum absolute atomic E-state index is 13.4. The zero-order chi connectivity index (χ0) is 47.1. The minimum absolute atomic E-state index is 0.114. The first-order chi connectivity index (χ1) is 32.0. The first kappa shape index (κ1) is 60.5. The molecule has 0 amide bonds. The summed E-state index contributed by atoms with van der Waals surface area (Å²) < 4.78 is 24.5. The van der Waals surface area contributed by atoms with Gasteiger partial charge in [0, 0.05) is 45.0 Å². The lowest BCUT2D eigenvalue weighted by Crippen LogP contribution is -2.28. The number of hydrogen-bond acceptors (Lipinski definition) is 7. The van der Waals surface area contributed by atoms with Crippen LogP contribution in [0.1, 0.15) is 227 Å². The molecule has 376 valence electrons. The largest absolute Gasteiger partial charge is 0.463 e. The Labute approximate surface area is 402 Å². The van der Waals surface area contributed by atoms with Gasteiger partial charge in [-0.15, -0.1) is 0 Å². The summed E-state index contributed by atoms with van der Waals surface area (Å²) in [4.78, 5) is 28.6. The van der Waals surface area contributed by atoms with Crippen molar-refractivity contribution >= 4 is 11.9 Å². The van der Waals surface area contributed by atoms with Crippen LogP contribution in [0.15, 0.2) is 60.8 Å². The maximum atomic E-state index is 13.4. The van der Waals surface area contributed by atoms with Gasteiger partial charge in [-0.05, 0) is 128 Å². The molecule has 7 heteroatoms. The molecule has 0 aliphatic heterocycles. The molecule has 1 aliphatic carbocycles. The molecule has 0 heterocycles. The molecule has 0 aromatic heterocycles. The smallest absolute Gasteiger partial charge is 0.306 e. The topological polar surface area (TPSA) is 74.3 Å². The molecule has 0 saturated heterocycles. The number of rotatable bonds is 46. The lowest BCUT2D eigenvalue weighted by Gasteiger charge is -2.24. The third-order valence-corrected chi connectivity index (χ3v) is 12.9. The highest BCUT2D eigenvalue weighted by molar-refractivity contribution is 5.70. The molecule has 1 saturated carbocycles. The van der Waals surface area contributed by atoms with Gasteiger partial charge in [0.25, 0.3) is 0 Å². The van der Waals surface area contributed by atoms with Crippen LogP contribution >= 0.6 is 0 Å². The van der Waals surface area contributed by atoms with Gasteiger partial charge >= 0.3 is 11.9 Å². The molecule has 1 fully saturated rings. The summed E-state index contributed by atoms with van der Waals surface area (Å²) in [5.41, 5.74) is 0. The number of nitrogens with zero attached hydrogens (tertiary/aromatic N) is 1. The van der Waals surface area contributed by atoms with Crippen molar-refractivity contribution in [2.45, 2.75) is 239 Å². The van der Waals surface area contributed by atoms with Gasteiger partial charge in [0.1, 0.15) is 12.7 Å². The van der Waals surface area contributed by atoms with Crippen LogP contribution in [-0.2, 0) is 28.5 Å². The van der Waals surface area contributed by atoms with Crippen LogP contribution in [0.4, 0.5) is 0 Å². The molecule has 0 bridgehead atoms. The molecule has 7 nitrogen and oxygen atoms in total. The summed E-state index contributed by atoms with van der Waals surface area (Å²) in [6.45, 7) is 16.1. The summed E-state index contributed by atoms with van der Waals surface area (Å²) in [5.74, 6) is -0.0251. The Hall–Kier alpha value is -2.48. The van der Waals surface area contributed by atoms with Crippen molar-refractivity contribution in [3.63, 3.8) is 0 Å². The Morgan fingerprint density at radius 2 is 1.14 bits per heavy atom. The van der Waals surface area contributed by atoms with Crippen molar-refractivity contribution in [1.82, 2.24) is 4.90 Å². The van der Waals surface area contributed by atoms with Crippen LogP contribution in [-0.4, -0.2) is 75.1 Å². The van der Waals surface area contributed by atoms with E-state index < -0.39 is 0 Å². The second-order valence-corrected chi connectivity index (χ2v) is 18.5. The summed E-state index contributed by atoms with van der Waals surface area (Å²) in [6, 6.07) is 0. The van der Waals surface area contributed by atoms with E-state index in [1.54, 1.807) is 0 Å². The van der Waals surface area contributed by atoms with E-state index in [4.69, 9.17) is 18.9 Å². The number of ether oxygens (including phenoxy) is 4. The zero-order valence-corrected chi connectivity index (χ0v) is 43.1. The molecule has 0 radical (unpaired) electrons. The molecule has 1 aliphatic rings. The number of hydrogen-bond donors (Lipinski definition) is 0. The fourth-order valence-corrected chi connectivity index (χ4v) is 8.64. The first-order valence-corrected chi connectivity index (χ1v) is 27.5. The fraction of sp³-hybridized carbons (Fsp3) is 0.793. The van der Waals surface area contributed by atoms with Crippen LogP contribution < -0.4 is 0 Å². The van der Waals surface area contributed by atoms with Crippen molar-refractivity contribution in [2.24, 2.45) is 11.8 Å². The van der Waals surface area contributed by atoms with Gasteiger partial charge < -0.3 is 23.8 Å². The predicted octanol–water partition coefficient (Wildman–Crippen LogP) is 16.0. The number of carbonyl (C=O) groups is 2. The lowest BCUT2D eigenvalue weighted by atomic mass is 9.88. The molecule has 0 N–H and O–H groups in total. The van der Waals surface area contributed by atoms with Gasteiger partial charge in [0.15, 0.2) is 0 Å². The van der Waals surface area contributed by atoms with E-state index in [-0.39, 0.29) is 42.6 Å². The highest BCUT2D eigenvalue weighted by Crippen LogP contribution is 2.39. The van der Waals surface area contributed by atoms with Gasteiger partial charge in [0.05, 0.1) is 6.10 Å². The van der Waals surface area contributed by atoms with Crippen LogP contribution in [0.5, 0.6) is 0 Å². The monoisotopic (exact) mass is 910 g/mol. The van der Waals surface area contributed by atoms with Gasteiger partial charge in [-0.3, -0.25) is 9.59 Å². The number of esters is 2. The summed E-state index contributed by atoms with van der Waals surface area (Å²) in [7, 11) is 0. The zero-order valence-electron chi connectivity index (χ0n) is 43.1. The number of allylic oxidation sites excluding steroid dienone is 10. The Kier molecular flexibility index (Phi) is 43.4. The van der Waals surface area contributed by atoms with Crippen LogP contribution in [0.25, 0.3) is 0 Å². The van der Waals surface area contributed by atoms with Crippen molar-refractivity contribution in [3.05, 3.63) is 60.8 Å². The highest BCUT2D eigenvalue weighted by atomic mass is 16.6. The Morgan fingerprint density at radius 1 is 0.569 bits per heavy atom. The van der Waals surface area contributed by atoms with Crippen molar-refractivity contribution in [3.8, 4) is 0 Å². The number of carbonyl (C=O) groups excluding carboxylic acids is 2. The van der Waals surface area contributed by atoms with Crippen LogP contribution in [0, 0.1) is 11.8 Å². The third kappa shape index (κ3) is 37.2. The highest BCUT2D eigenvalue weighted by Gasteiger charge is 2.39. The van der Waals surface area contributed by atoms with Crippen molar-refractivity contribution < 1.29 is 28.5 Å². The van der Waals surface area contributed by atoms with E-state index in [1.807, 2.05) is 0 Å². The molecule has 0 aromatic carbocycles. The van der Waals surface area contributed by atoms with E-state index in [0.29, 0.717) is 26.1 Å².